The average Bonchev–Trinajstić information content (AvgIpc) is 2.42. The third-order valence-corrected chi connectivity index (χ3v) is 8.77. The molecule has 0 spiro atoms. The lowest BCUT2D eigenvalue weighted by atomic mass is 10.1. The Morgan fingerprint density at radius 2 is 1.90 bits per heavy atom. The molecule has 0 atom stereocenters. The Labute approximate surface area is 129 Å². The fourth-order valence-corrected chi connectivity index (χ4v) is 2.78. The van der Waals surface area contributed by atoms with Crippen molar-refractivity contribution < 1.29 is 4.43 Å². The number of aromatic nitrogens is 1. The zero-order valence-electron chi connectivity index (χ0n) is 13.7. The van der Waals surface area contributed by atoms with Crippen LogP contribution in [0.1, 0.15) is 26.3 Å². The van der Waals surface area contributed by atoms with Gasteiger partial charge in [-0.25, -0.2) is 0 Å². The van der Waals surface area contributed by atoms with Gasteiger partial charge in [0.2, 0.25) is 0 Å². The number of fused-ring (bicyclic) bond motifs is 1. The molecule has 0 aliphatic rings. The van der Waals surface area contributed by atoms with Crippen LogP contribution < -0.4 is 0 Å². The minimum absolute atomic E-state index is 0.255. The molecule has 0 unspecified atom stereocenters. The Bertz CT molecular complexity index is 641. The highest BCUT2D eigenvalue weighted by atomic mass is 28.4. The molecular formula is C18H25NOSi. The standard InChI is InChI=1S/C18H25NOSi/c1-18(2,3)21(4,5)20-12-8-9-15-13-16-10-6-7-11-17(16)19-14-15/h6-11,13-14H,12H2,1-5H3/b9-8+. The lowest BCUT2D eigenvalue weighted by molar-refractivity contribution is 0.328. The summed E-state index contributed by atoms with van der Waals surface area (Å²) in [6.07, 6.45) is 6.09. The van der Waals surface area contributed by atoms with Crippen molar-refractivity contribution in [3.8, 4) is 0 Å². The van der Waals surface area contributed by atoms with Gasteiger partial charge in [0, 0.05) is 11.6 Å². The molecule has 2 rings (SSSR count). The molecule has 0 saturated heterocycles. The van der Waals surface area contributed by atoms with E-state index in [0.29, 0.717) is 6.61 Å². The van der Waals surface area contributed by atoms with Crippen molar-refractivity contribution in [2.75, 3.05) is 6.61 Å². The molecule has 112 valence electrons. The second-order valence-electron chi connectivity index (χ2n) is 6.94. The number of para-hydroxylation sites is 1. The van der Waals surface area contributed by atoms with Crippen LogP contribution in [-0.2, 0) is 4.43 Å². The molecule has 0 amide bonds. The summed E-state index contributed by atoms with van der Waals surface area (Å²) in [7, 11) is -1.65. The third kappa shape index (κ3) is 4.02. The summed E-state index contributed by atoms with van der Waals surface area (Å²) in [5.74, 6) is 0. The van der Waals surface area contributed by atoms with Crippen molar-refractivity contribution in [3.63, 3.8) is 0 Å². The molecular weight excluding hydrogens is 274 g/mol. The first kappa shape index (κ1) is 15.9. The van der Waals surface area contributed by atoms with Crippen LogP contribution in [0.15, 0.2) is 42.6 Å². The Hall–Kier alpha value is -1.45. The molecule has 0 N–H and O–H groups in total. The number of rotatable bonds is 4. The molecule has 0 aliphatic heterocycles. The summed E-state index contributed by atoms with van der Waals surface area (Å²) < 4.78 is 6.13. The van der Waals surface area contributed by atoms with Gasteiger partial charge >= 0.3 is 0 Å². The highest BCUT2D eigenvalue weighted by Crippen LogP contribution is 2.36. The summed E-state index contributed by atoms with van der Waals surface area (Å²) >= 11 is 0. The van der Waals surface area contributed by atoms with Crippen LogP contribution >= 0.6 is 0 Å². The molecule has 2 nitrogen and oxygen atoms in total. The summed E-state index contributed by atoms with van der Waals surface area (Å²) in [6.45, 7) is 12.0. The smallest absolute Gasteiger partial charge is 0.192 e. The van der Waals surface area contributed by atoms with Crippen molar-refractivity contribution in [1.82, 2.24) is 4.98 Å². The molecule has 0 bridgehead atoms. The summed E-state index contributed by atoms with van der Waals surface area (Å²) in [5, 5.41) is 1.43. The van der Waals surface area contributed by atoms with Gasteiger partial charge in [0.25, 0.3) is 0 Å². The molecule has 1 aromatic heterocycles. The van der Waals surface area contributed by atoms with E-state index in [9.17, 15) is 0 Å². The number of nitrogens with zero attached hydrogens (tertiary/aromatic N) is 1. The van der Waals surface area contributed by atoms with Crippen LogP contribution in [0.25, 0.3) is 17.0 Å². The zero-order chi connectivity index (χ0) is 15.5. The Balaban J connectivity index is 2.00. The SMILES string of the molecule is CC(C)(C)[Si](C)(C)OC/C=C/c1cnc2ccccc2c1. The van der Waals surface area contributed by atoms with Gasteiger partial charge in [-0.2, -0.15) is 0 Å². The monoisotopic (exact) mass is 299 g/mol. The number of pyridine rings is 1. The van der Waals surface area contributed by atoms with Gasteiger partial charge in [0.15, 0.2) is 8.32 Å². The van der Waals surface area contributed by atoms with Crippen LogP contribution in [0.3, 0.4) is 0 Å². The second-order valence-corrected chi connectivity index (χ2v) is 11.7. The van der Waals surface area contributed by atoms with Crippen LogP contribution in [0.2, 0.25) is 18.1 Å². The van der Waals surface area contributed by atoms with Gasteiger partial charge in [-0.3, -0.25) is 4.98 Å². The molecule has 1 heterocycles. The summed E-state index contributed by atoms with van der Waals surface area (Å²) in [4.78, 5) is 4.46. The van der Waals surface area contributed by atoms with E-state index < -0.39 is 8.32 Å². The quantitative estimate of drug-likeness (QED) is 0.717. The number of benzene rings is 1. The van der Waals surface area contributed by atoms with Gasteiger partial charge in [-0.05, 0) is 35.8 Å². The highest BCUT2D eigenvalue weighted by molar-refractivity contribution is 6.74. The molecule has 0 saturated carbocycles. The number of hydrogen-bond acceptors (Lipinski definition) is 2. The predicted octanol–water partition coefficient (Wildman–Crippen LogP) is 5.27. The van der Waals surface area contributed by atoms with E-state index in [4.69, 9.17) is 4.43 Å². The van der Waals surface area contributed by atoms with Crippen molar-refractivity contribution >= 4 is 25.3 Å². The normalized spacial score (nSPS) is 13.2. The van der Waals surface area contributed by atoms with Gasteiger partial charge in [-0.1, -0.05) is 51.1 Å². The Kier molecular flexibility index (Phi) is 4.64. The second kappa shape index (κ2) is 6.12. The minimum atomic E-state index is -1.65. The first-order chi connectivity index (χ1) is 9.79. The maximum Gasteiger partial charge on any atom is 0.192 e. The van der Waals surface area contributed by atoms with E-state index >= 15 is 0 Å². The molecule has 0 aliphatic carbocycles. The van der Waals surface area contributed by atoms with Gasteiger partial charge < -0.3 is 4.43 Å². The zero-order valence-corrected chi connectivity index (χ0v) is 14.7. The minimum Gasteiger partial charge on any atom is -0.413 e. The number of hydrogen-bond donors (Lipinski definition) is 0. The highest BCUT2D eigenvalue weighted by Gasteiger charge is 2.36. The molecule has 0 fully saturated rings. The maximum atomic E-state index is 6.13. The molecule has 21 heavy (non-hydrogen) atoms. The lowest BCUT2D eigenvalue weighted by Crippen LogP contribution is -2.40. The van der Waals surface area contributed by atoms with E-state index in [0.717, 1.165) is 11.1 Å². The van der Waals surface area contributed by atoms with Crippen LogP contribution in [-0.4, -0.2) is 19.9 Å². The van der Waals surface area contributed by atoms with Crippen molar-refractivity contribution in [3.05, 3.63) is 48.2 Å². The third-order valence-electron chi connectivity index (χ3n) is 4.27. The van der Waals surface area contributed by atoms with E-state index in [1.54, 1.807) is 0 Å². The van der Waals surface area contributed by atoms with Crippen molar-refractivity contribution in [1.29, 1.82) is 0 Å². The van der Waals surface area contributed by atoms with Crippen molar-refractivity contribution in [2.24, 2.45) is 0 Å². The van der Waals surface area contributed by atoms with E-state index in [2.05, 4.69) is 63.1 Å². The van der Waals surface area contributed by atoms with Crippen molar-refractivity contribution in [2.45, 2.75) is 38.9 Å². The Morgan fingerprint density at radius 3 is 2.62 bits per heavy atom. The predicted molar refractivity (Wildman–Crippen MR) is 93.9 cm³/mol. The summed E-state index contributed by atoms with van der Waals surface area (Å²) in [6, 6.07) is 10.3. The average molecular weight is 299 g/mol. The first-order valence-electron chi connectivity index (χ1n) is 7.45. The largest absolute Gasteiger partial charge is 0.413 e. The van der Waals surface area contributed by atoms with Crippen LogP contribution in [0.5, 0.6) is 0 Å². The fourth-order valence-electron chi connectivity index (χ4n) is 1.84. The van der Waals surface area contributed by atoms with Crippen LogP contribution in [0, 0.1) is 0 Å². The summed E-state index contributed by atoms with van der Waals surface area (Å²) in [5.41, 5.74) is 2.15. The fraction of sp³-hybridized carbons (Fsp3) is 0.389. The molecule has 1 aromatic carbocycles. The van der Waals surface area contributed by atoms with Gasteiger partial charge in [0.05, 0.1) is 12.1 Å². The van der Waals surface area contributed by atoms with E-state index in [1.165, 1.54) is 5.39 Å². The van der Waals surface area contributed by atoms with Gasteiger partial charge in [-0.15, -0.1) is 0 Å². The van der Waals surface area contributed by atoms with Crippen LogP contribution in [0.4, 0.5) is 0 Å². The Morgan fingerprint density at radius 1 is 1.19 bits per heavy atom. The molecule has 3 heteroatoms. The molecule has 2 aromatic rings. The maximum absolute atomic E-state index is 6.13. The topological polar surface area (TPSA) is 22.1 Å². The lowest BCUT2D eigenvalue weighted by Gasteiger charge is -2.35. The molecule has 0 radical (unpaired) electrons. The first-order valence-corrected chi connectivity index (χ1v) is 10.4. The van der Waals surface area contributed by atoms with E-state index in [-0.39, 0.29) is 5.04 Å². The van der Waals surface area contributed by atoms with E-state index in [1.807, 2.05) is 24.4 Å². The van der Waals surface area contributed by atoms with Gasteiger partial charge in [0.1, 0.15) is 0 Å².